The Labute approximate surface area is 140 Å². The molecule has 6 heteroatoms. The van der Waals surface area contributed by atoms with Gasteiger partial charge in [-0.25, -0.2) is 13.6 Å². The number of anilines is 1. The maximum absolute atomic E-state index is 12.6. The van der Waals surface area contributed by atoms with Crippen molar-refractivity contribution in [2.24, 2.45) is 5.14 Å². The van der Waals surface area contributed by atoms with Gasteiger partial charge in [-0.2, -0.15) is 0 Å². The van der Waals surface area contributed by atoms with Crippen LogP contribution in [0.5, 0.6) is 0 Å². The smallest absolute Gasteiger partial charge is 0.256 e. The van der Waals surface area contributed by atoms with E-state index in [1.165, 1.54) is 6.07 Å². The van der Waals surface area contributed by atoms with Crippen molar-refractivity contribution in [3.8, 4) is 0 Å². The summed E-state index contributed by atoms with van der Waals surface area (Å²) in [5.74, 6) is -0.304. The van der Waals surface area contributed by atoms with Crippen LogP contribution in [-0.2, 0) is 10.0 Å². The van der Waals surface area contributed by atoms with Gasteiger partial charge in [-0.15, -0.1) is 0 Å². The summed E-state index contributed by atoms with van der Waals surface area (Å²) in [7, 11) is -3.87. The van der Waals surface area contributed by atoms with Crippen LogP contribution in [0, 0.1) is 6.92 Å². The van der Waals surface area contributed by atoms with Crippen LogP contribution in [0.25, 0.3) is 10.8 Å². The zero-order valence-corrected chi connectivity index (χ0v) is 13.8. The van der Waals surface area contributed by atoms with E-state index < -0.39 is 10.0 Å². The topological polar surface area (TPSA) is 89.3 Å². The highest BCUT2D eigenvalue weighted by molar-refractivity contribution is 7.89. The molecule has 0 spiro atoms. The van der Waals surface area contributed by atoms with E-state index in [1.54, 1.807) is 30.3 Å². The Balaban J connectivity index is 2.11. The number of amides is 1. The standard InChI is InChI=1S/C18H16N2O3S/c1-12-6-2-3-10-16(12)20-18(21)15-9-4-8-14-13(15)7-5-11-17(14)24(19,22)23/h2-11H,1H3,(H,20,21)(H2,19,22,23). The van der Waals surface area contributed by atoms with E-state index in [0.29, 0.717) is 22.0 Å². The first-order valence-electron chi connectivity index (χ1n) is 7.29. The minimum Gasteiger partial charge on any atom is -0.322 e. The lowest BCUT2D eigenvalue weighted by Crippen LogP contribution is -2.15. The molecule has 24 heavy (non-hydrogen) atoms. The number of rotatable bonds is 3. The van der Waals surface area contributed by atoms with Crippen molar-refractivity contribution in [1.29, 1.82) is 0 Å². The predicted molar refractivity (Wildman–Crippen MR) is 94.5 cm³/mol. The highest BCUT2D eigenvalue weighted by Gasteiger charge is 2.16. The molecular formula is C18H16N2O3S. The van der Waals surface area contributed by atoms with Crippen LogP contribution >= 0.6 is 0 Å². The zero-order valence-electron chi connectivity index (χ0n) is 13.0. The van der Waals surface area contributed by atoms with Gasteiger partial charge in [-0.05, 0) is 36.1 Å². The van der Waals surface area contributed by atoms with Crippen molar-refractivity contribution in [3.63, 3.8) is 0 Å². The molecule has 0 bridgehead atoms. The van der Waals surface area contributed by atoms with Crippen LogP contribution in [0.1, 0.15) is 15.9 Å². The number of carbonyl (C=O) groups excluding carboxylic acids is 1. The van der Waals surface area contributed by atoms with Crippen molar-refractivity contribution < 1.29 is 13.2 Å². The lowest BCUT2D eigenvalue weighted by atomic mass is 10.0. The van der Waals surface area contributed by atoms with Gasteiger partial charge >= 0.3 is 0 Å². The first-order chi connectivity index (χ1) is 11.4. The van der Waals surface area contributed by atoms with Gasteiger partial charge in [0.1, 0.15) is 0 Å². The van der Waals surface area contributed by atoms with E-state index in [9.17, 15) is 13.2 Å². The van der Waals surface area contributed by atoms with Crippen molar-refractivity contribution >= 4 is 32.4 Å². The molecular weight excluding hydrogens is 324 g/mol. The normalized spacial score (nSPS) is 11.4. The second kappa shape index (κ2) is 6.07. The van der Waals surface area contributed by atoms with Crippen LogP contribution in [0.15, 0.2) is 65.6 Å². The lowest BCUT2D eigenvalue weighted by Gasteiger charge is -2.11. The zero-order chi connectivity index (χ0) is 17.3. The Morgan fingerprint density at radius 2 is 1.58 bits per heavy atom. The number of aryl methyl sites for hydroxylation is 1. The van der Waals surface area contributed by atoms with Crippen molar-refractivity contribution in [2.75, 3.05) is 5.32 Å². The third-order valence-electron chi connectivity index (χ3n) is 3.83. The second-order valence-electron chi connectivity index (χ2n) is 5.47. The molecule has 3 aromatic carbocycles. The van der Waals surface area contributed by atoms with Gasteiger partial charge in [0.15, 0.2) is 0 Å². The van der Waals surface area contributed by atoms with E-state index in [4.69, 9.17) is 5.14 Å². The number of nitrogens with one attached hydrogen (secondary N) is 1. The Hall–Kier alpha value is -2.70. The molecule has 0 unspecified atom stereocenters. The summed E-state index contributed by atoms with van der Waals surface area (Å²) in [4.78, 5) is 12.7. The molecule has 5 nitrogen and oxygen atoms in total. The highest BCUT2D eigenvalue weighted by Crippen LogP contribution is 2.26. The molecule has 3 N–H and O–H groups in total. The van der Waals surface area contributed by atoms with E-state index >= 15 is 0 Å². The van der Waals surface area contributed by atoms with Gasteiger partial charge in [0.2, 0.25) is 10.0 Å². The monoisotopic (exact) mass is 340 g/mol. The molecule has 0 aliphatic rings. The molecule has 0 saturated heterocycles. The van der Waals surface area contributed by atoms with Gasteiger partial charge in [0.05, 0.1) is 4.90 Å². The first kappa shape index (κ1) is 16.2. The maximum atomic E-state index is 12.6. The number of hydrogen-bond donors (Lipinski definition) is 2. The molecule has 0 radical (unpaired) electrons. The summed E-state index contributed by atoms with van der Waals surface area (Å²) in [6.07, 6.45) is 0. The molecule has 3 rings (SSSR count). The average molecular weight is 340 g/mol. The highest BCUT2D eigenvalue weighted by atomic mass is 32.2. The third-order valence-corrected chi connectivity index (χ3v) is 4.80. The number of benzene rings is 3. The second-order valence-corrected chi connectivity index (χ2v) is 7.00. The Morgan fingerprint density at radius 3 is 2.29 bits per heavy atom. The third kappa shape index (κ3) is 3.02. The molecule has 0 fully saturated rings. The number of hydrogen-bond acceptors (Lipinski definition) is 3. The average Bonchev–Trinajstić information content (AvgIpc) is 2.55. The summed E-state index contributed by atoms with van der Waals surface area (Å²) in [5.41, 5.74) is 2.04. The van der Waals surface area contributed by atoms with Gasteiger partial charge < -0.3 is 5.32 Å². The predicted octanol–water partition coefficient (Wildman–Crippen LogP) is 3.05. The van der Waals surface area contributed by atoms with E-state index in [1.807, 2.05) is 31.2 Å². The van der Waals surface area contributed by atoms with Gasteiger partial charge in [-0.3, -0.25) is 4.79 Å². The Kier molecular flexibility index (Phi) is 4.09. The van der Waals surface area contributed by atoms with Crippen molar-refractivity contribution in [2.45, 2.75) is 11.8 Å². The molecule has 0 saturated carbocycles. The number of carbonyl (C=O) groups is 1. The lowest BCUT2D eigenvalue weighted by molar-refractivity contribution is 0.102. The van der Waals surface area contributed by atoms with E-state index in [0.717, 1.165) is 5.56 Å². The van der Waals surface area contributed by atoms with Gasteiger partial charge in [0, 0.05) is 16.6 Å². The fraction of sp³-hybridized carbons (Fsp3) is 0.0556. The van der Waals surface area contributed by atoms with Crippen molar-refractivity contribution in [1.82, 2.24) is 0 Å². The quantitative estimate of drug-likeness (QED) is 0.768. The Bertz CT molecular complexity index is 1040. The number of nitrogens with two attached hydrogens (primary N) is 1. The fourth-order valence-corrected chi connectivity index (χ4v) is 3.38. The molecule has 0 aliphatic heterocycles. The number of fused-ring (bicyclic) bond motifs is 1. The minimum atomic E-state index is -3.87. The molecule has 0 heterocycles. The van der Waals surface area contributed by atoms with Crippen LogP contribution < -0.4 is 10.5 Å². The Morgan fingerprint density at radius 1 is 0.917 bits per heavy atom. The van der Waals surface area contributed by atoms with E-state index in [2.05, 4.69) is 5.32 Å². The summed E-state index contributed by atoms with van der Waals surface area (Å²) in [5, 5.41) is 9.09. The van der Waals surface area contributed by atoms with E-state index in [-0.39, 0.29) is 10.8 Å². The SMILES string of the molecule is Cc1ccccc1NC(=O)c1cccc2c(S(N)(=O)=O)cccc12. The number of sulfonamides is 1. The van der Waals surface area contributed by atoms with Crippen LogP contribution in [0.4, 0.5) is 5.69 Å². The van der Waals surface area contributed by atoms with Crippen LogP contribution in [-0.4, -0.2) is 14.3 Å². The van der Waals surface area contributed by atoms with Gasteiger partial charge in [-0.1, -0.05) is 42.5 Å². The summed E-state index contributed by atoms with van der Waals surface area (Å²) in [6.45, 7) is 1.90. The van der Waals surface area contributed by atoms with Crippen LogP contribution in [0.3, 0.4) is 0 Å². The number of para-hydroxylation sites is 1. The molecule has 0 atom stereocenters. The fourth-order valence-electron chi connectivity index (χ4n) is 2.63. The summed E-state index contributed by atoms with van der Waals surface area (Å²) < 4.78 is 23.5. The van der Waals surface area contributed by atoms with Crippen LogP contribution in [0.2, 0.25) is 0 Å². The van der Waals surface area contributed by atoms with Gasteiger partial charge in [0.25, 0.3) is 5.91 Å². The first-order valence-corrected chi connectivity index (χ1v) is 8.84. The maximum Gasteiger partial charge on any atom is 0.256 e. The minimum absolute atomic E-state index is 0.00513. The molecule has 1 amide bonds. The molecule has 3 aromatic rings. The molecule has 122 valence electrons. The summed E-state index contributed by atoms with van der Waals surface area (Å²) in [6, 6.07) is 17.1. The summed E-state index contributed by atoms with van der Waals surface area (Å²) >= 11 is 0. The largest absolute Gasteiger partial charge is 0.322 e. The van der Waals surface area contributed by atoms with Crippen molar-refractivity contribution in [3.05, 3.63) is 71.8 Å². The molecule has 0 aromatic heterocycles. The number of primary sulfonamides is 1. The molecule has 0 aliphatic carbocycles.